The van der Waals surface area contributed by atoms with Crippen LogP contribution in [0.4, 0.5) is 0 Å². The molecule has 2 unspecified atom stereocenters. The third-order valence-electron chi connectivity index (χ3n) is 3.76. The fourth-order valence-electron chi connectivity index (χ4n) is 2.35. The molecule has 2 atom stereocenters. The van der Waals surface area contributed by atoms with Crippen molar-refractivity contribution >= 4 is 22.1 Å². The van der Waals surface area contributed by atoms with Crippen LogP contribution in [0.5, 0.6) is 0 Å². The number of hydrogen-bond acceptors (Lipinski definition) is 4. The molecule has 0 spiro atoms. The number of carboxylic acids is 1. The molecule has 0 radical (unpaired) electrons. The molecule has 2 rings (SSSR count). The van der Waals surface area contributed by atoms with E-state index in [9.17, 15) is 18.0 Å². The summed E-state index contributed by atoms with van der Waals surface area (Å²) in [4.78, 5) is 24.4. The predicted molar refractivity (Wildman–Crippen MR) is 70.0 cm³/mol. The van der Waals surface area contributed by atoms with Crippen LogP contribution in [0.15, 0.2) is 0 Å². The number of piperazine rings is 1. The Balaban J connectivity index is 1.89. The van der Waals surface area contributed by atoms with Gasteiger partial charge in [-0.25, -0.2) is 0 Å². The molecule has 2 aliphatic rings. The Labute approximate surface area is 118 Å². The van der Waals surface area contributed by atoms with Crippen molar-refractivity contribution in [3.05, 3.63) is 0 Å². The highest BCUT2D eigenvalue weighted by Crippen LogP contribution is 2.40. The van der Waals surface area contributed by atoms with Gasteiger partial charge in [0.2, 0.25) is 5.91 Å². The topological polar surface area (TPSA) is 98.2 Å². The Morgan fingerprint density at radius 3 is 2.05 bits per heavy atom. The standard InChI is InChI=1S/C11H19N3O5S/c1-12(2)20(18,19)14-5-3-13(4-6-14)10(15)8-7-9(8)11(16)17/h8-9H,3-7H2,1-2H3,(H,16,17). The molecule has 8 nitrogen and oxygen atoms in total. The van der Waals surface area contributed by atoms with E-state index >= 15 is 0 Å². The summed E-state index contributed by atoms with van der Waals surface area (Å²) >= 11 is 0. The second kappa shape index (κ2) is 5.30. The average Bonchev–Trinajstić information content (AvgIpc) is 3.18. The molecule has 0 aromatic heterocycles. The monoisotopic (exact) mass is 305 g/mol. The maximum Gasteiger partial charge on any atom is 0.307 e. The second-order valence-corrected chi connectivity index (χ2v) is 7.44. The number of carboxylic acid groups (broad SMARTS) is 1. The van der Waals surface area contributed by atoms with Gasteiger partial charge in [-0.05, 0) is 6.42 Å². The number of rotatable bonds is 4. The van der Waals surface area contributed by atoms with Gasteiger partial charge < -0.3 is 10.0 Å². The summed E-state index contributed by atoms with van der Waals surface area (Å²) in [5.74, 6) is -2.09. The summed E-state index contributed by atoms with van der Waals surface area (Å²) in [6.07, 6.45) is 0.393. The van der Waals surface area contributed by atoms with Crippen molar-refractivity contribution in [2.75, 3.05) is 40.3 Å². The Bertz CT molecular complexity index is 510. The van der Waals surface area contributed by atoms with Crippen LogP contribution in [-0.2, 0) is 19.8 Å². The Kier molecular flexibility index (Phi) is 4.03. The third kappa shape index (κ3) is 2.79. The molecule has 1 N–H and O–H groups in total. The van der Waals surface area contributed by atoms with E-state index in [4.69, 9.17) is 5.11 Å². The fourth-order valence-corrected chi connectivity index (χ4v) is 3.43. The van der Waals surface area contributed by atoms with Gasteiger partial charge in [0.15, 0.2) is 0 Å². The number of amides is 1. The van der Waals surface area contributed by atoms with E-state index in [1.54, 1.807) is 4.90 Å². The summed E-state index contributed by atoms with van der Waals surface area (Å²) in [5.41, 5.74) is 0. The van der Waals surface area contributed by atoms with Crippen molar-refractivity contribution < 1.29 is 23.1 Å². The van der Waals surface area contributed by atoms with Crippen molar-refractivity contribution in [1.29, 1.82) is 0 Å². The molecule has 20 heavy (non-hydrogen) atoms. The molecule has 114 valence electrons. The largest absolute Gasteiger partial charge is 0.481 e. The molecule has 2 fully saturated rings. The van der Waals surface area contributed by atoms with Crippen molar-refractivity contribution in [2.45, 2.75) is 6.42 Å². The minimum absolute atomic E-state index is 0.167. The summed E-state index contributed by atoms with van der Waals surface area (Å²) < 4.78 is 26.3. The van der Waals surface area contributed by atoms with Gasteiger partial charge in [0.25, 0.3) is 10.2 Å². The highest BCUT2D eigenvalue weighted by Gasteiger charge is 2.50. The van der Waals surface area contributed by atoms with Crippen molar-refractivity contribution in [3.8, 4) is 0 Å². The normalized spacial score (nSPS) is 27.6. The molecule has 1 heterocycles. The molecule has 1 saturated heterocycles. The zero-order chi connectivity index (χ0) is 15.1. The minimum Gasteiger partial charge on any atom is -0.481 e. The van der Waals surface area contributed by atoms with Gasteiger partial charge >= 0.3 is 5.97 Å². The van der Waals surface area contributed by atoms with Gasteiger partial charge in [0.1, 0.15) is 0 Å². The van der Waals surface area contributed by atoms with Crippen LogP contribution in [0.25, 0.3) is 0 Å². The number of aliphatic carboxylic acids is 1. The first kappa shape index (κ1) is 15.2. The van der Waals surface area contributed by atoms with E-state index in [-0.39, 0.29) is 19.0 Å². The van der Waals surface area contributed by atoms with Crippen molar-refractivity contribution in [1.82, 2.24) is 13.5 Å². The molecule has 0 bridgehead atoms. The maximum atomic E-state index is 12.0. The minimum atomic E-state index is -3.44. The van der Waals surface area contributed by atoms with E-state index in [1.807, 2.05) is 0 Å². The average molecular weight is 305 g/mol. The van der Waals surface area contributed by atoms with Crippen LogP contribution in [0.2, 0.25) is 0 Å². The van der Waals surface area contributed by atoms with E-state index < -0.39 is 28.0 Å². The molecule has 1 saturated carbocycles. The van der Waals surface area contributed by atoms with E-state index in [0.29, 0.717) is 19.5 Å². The molecule has 9 heteroatoms. The van der Waals surface area contributed by atoms with Crippen LogP contribution in [0.3, 0.4) is 0 Å². The molecule has 1 amide bonds. The predicted octanol–water partition coefficient (Wildman–Crippen LogP) is -1.34. The van der Waals surface area contributed by atoms with Gasteiger partial charge in [-0.3, -0.25) is 9.59 Å². The quantitative estimate of drug-likeness (QED) is 0.693. The molecule has 1 aliphatic carbocycles. The number of nitrogens with zero attached hydrogens (tertiary/aromatic N) is 3. The Morgan fingerprint density at radius 1 is 1.10 bits per heavy atom. The lowest BCUT2D eigenvalue weighted by atomic mass is 10.2. The van der Waals surface area contributed by atoms with Crippen LogP contribution >= 0.6 is 0 Å². The van der Waals surface area contributed by atoms with Crippen molar-refractivity contribution in [2.24, 2.45) is 11.8 Å². The van der Waals surface area contributed by atoms with Gasteiger partial charge in [0.05, 0.1) is 11.8 Å². The smallest absolute Gasteiger partial charge is 0.307 e. The van der Waals surface area contributed by atoms with Crippen LogP contribution in [-0.4, -0.2) is 79.2 Å². The van der Waals surface area contributed by atoms with Crippen LogP contribution in [0.1, 0.15) is 6.42 Å². The van der Waals surface area contributed by atoms with Gasteiger partial charge in [0, 0.05) is 40.3 Å². The van der Waals surface area contributed by atoms with Crippen LogP contribution < -0.4 is 0 Å². The lowest BCUT2D eigenvalue weighted by Crippen LogP contribution is -2.53. The molecule has 1 aliphatic heterocycles. The maximum absolute atomic E-state index is 12.0. The molecule has 0 aromatic rings. The van der Waals surface area contributed by atoms with E-state index in [0.717, 1.165) is 4.31 Å². The summed E-state index contributed by atoms with van der Waals surface area (Å²) in [5, 5.41) is 8.82. The van der Waals surface area contributed by atoms with Crippen molar-refractivity contribution in [3.63, 3.8) is 0 Å². The molecule has 0 aromatic carbocycles. The van der Waals surface area contributed by atoms with Gasteiger partial charge in [-0.15, -0.1) is 0 Å². The first-order chi connectivity index (χ1) is 9.25. The zero-order valence-electron chi connectivity index (χ0n) is 11.5. The lowest BCUT2D eigenvalue weighted by Gasteiger charge is -2.35. The number of carbonyl (C=O) groups is 2. The van der Waals surface area contributed by atoms with E-state index in [2.05, 4.69) is 0 Å². The van der Waals surface area contributed by atoms with Crippen LogP contribution in [0, 0.1) is 11.8 Å². The van der Waals surface area contributed by atoms with Gasteiger partial charge in [-0.2, -0.15) is 17.0 Å². The highest BCUT2D eigenvalue weighted by molar-refractivity contribution is 7.86. The number of carbonyl (C=O) groups excluding carboxylic acids is 1. The molecular formula is C11H19N3O5S. The summed E-state index contributed by atoms with van der Waals surface area (Å²) in [6, 6.07) is 0. The summed E-state index contributed by atoms with van der Waals surface area (Å²) in [6.45, 7) is 1.12. The Hall–Kier alpha value is -1.19. The lowest BCUT2D eigenvalue weighted by molar-refractivity contribution is -0.142. The first-order valence-electron chi connectivity index (χ1n) is 6.44. The highest BCUT2D eigenvalue weighted by atomic mass is 32.2. The SMILES string of the molecule is CN(C)S(=O)(=O)N1CCN(C(=O)C2CC2C(=O)O)CC1. The number of hydrogen-bond donors (Lipinski definition) is 1. The van der Waals surface area contributed by atoms with Gasteiger partial charge in [-0.1, -0.05) is 0 Å². The zero-order valence-corrected chi connectivity index (χ0v) is 12.3. The second-order valence-electron chi connectivity index (χ2n) is 5.30. The first-order valence-corrected chi connectivity index (χ1v) is 7.84. The summed E-state index contributed by atoms with van der Waals surface area (Å²) in [7, 11) is -0.510. The fraction of sp³-hybridized carbons (Fsp3) is 0.818. The Morgan fingerprint density at radius 2 is 1.65 bits per heavy atom. The van der Waals surface area contributed by atoms with E-state index in [1.165, 1.54) is 18.4 Å². The molecular weight excluding hydrogens is 286 g/mol. The third-order valence-corrected chi connectivity index (χ3v) is 5.70.